The SMILES string of the molecule is COc1cc(C(=O)Oc2ccc(Br)cc2C=NNC(=O)c2[nH]c3c(C#N)cccc3c2-c2ccccc2Cl)ccc1OC(C)=O. The van der Waals surface area contributed by atoms with Crippen molar-refractivity contribution in [1.29, 1.82) is 5.26 Å². The van der Waals surface area contributed by atoms with Crippen LogP contribution in [-0.4, -0.2) is 36.2 Å². The van der Waals surface area contributed by atoms with Gasteiger partial charge < -0.3 is 19.2 Å². The number of methoxy groups -OCH3 is 1. The van der Waals surface area contributed by atoms with E-state index < -0.39 is 17.8 Å². The predicted octanol–water partition coefficient (Wildman–Crippen LogP) is 7.04. The van der Waals surface area contributed by atoms with Crippen molar-refractivity contribution >= 4 is 62.5 Å². The van der Waals surface area contributed by atoms with E-state index in [0.717, 1.165) is 0 Å². The molecule has 0 radical (unpaired) electrons. The number of hydrogen-bond donors (Lipinski definition) is 2. The smallest absolute Gasteiger partial charge is 0.343 e. The van der Waals surface area contributed by atoms with Crippen LogP contribution >= 0.6 is 27.5 Å². The standard InChI is InChI=1S/C33H22BrClN4O6/c1-18(40)44-27-12-10-19(15-28(27)43-2)33(42)45-26-13-11-22(34)14-21(26)17-37-39-32(41)31-29(23-7-3-4-9-25(23)35)24-8-5-6-20(16-36)30(24)38-31/h3-15,17,38H,1-2H3,(H,39,41). The highest BCUT2D eigenvalue weighted by molar-refractivity contribution is 9.10. The summed E-state index contributed by atoms with van der Waals surface area (Å²) < 4.78 is 16.6. The fraction of sp³-hybridized carbons (Fsp3) is 0.0606. The van der Waals surface area contributed by atoms with Crippen LogP contribution in [0, 0.1) is 11.3 Å². The van der Waals surface area contributed by atoms with Crippen LogP contribution in [0.1, 0.15) is 38.9 Å². The van der Waals surface area contributed by atoms with Crippen molar-refractivity contribution in [2.45, 2.75) is 6.92 Å². The number of H-pyrrole nitrogens is 1. The number of hydrazone groups is 1. The molecule has 0 bridgehead atoms. The molecule has 0 aliphatic heterocycles. The Labute approximate surface area is 270 Å². The Morgan fingerprint density at radius 1 is 0.978 bits per heavy atom. The molecule has 0 aliphatic rings. The van der Waals surface area contributed by atoms with Gasteiger partial charge in [0.05, 0.1) is 30.0 Å². The van der Waals surface area contributed by atoms with Gasteiger partial charge in [0.2, 0.25) is 0 Å². The van der Waals surface area contributed by atoms with Gasteiger partial charge in [-0.15, -0.1) is 0 Å². The van der Waals surface area contributed by atoms with Crippen molar-refractivity contribution in [3.05, 3.63) is 111 Å². The van der Waals surface area contributed by atoms with Crippen molar-refractivity contribution in [2.75, 3.05) is 7.11 Å². The Morgan fingerprint density at radius 2 is 1.76 bits per heavy atom. The maximum absolute atomic E-state index is 13.5. The lowest BCUT2D eigenvalue weighted by atomic mass is 10.0. The number of aromatic nitrogens is 1. The van der Waals surface area contributed by atoms with Gasteiger partial charge in [0.15, 0.2) is 11.5 Å². The number of carbonyl (C=O) groups excluding carboxylic acids is 3. The van der Waals surface area contributed by atoms with E-state index in [4.69, 9.17) is 25.8 Å². The Hall–Kier alpha value is -5.44. The van der Waals surface area contributed by atoms with E-state index in [-0.39, 0.29) is 28.5 Å². The molecule has 0 aliphatic carbocycles. The largest absolute Gasteiger partial charge is 0.493 e. The highest BCUT2D eigenvalue weighted by atomic mass is 79.9. The molecular formula is C33H22BrClN4O6. The van der Waals surface area contributed by atoms with Gasteiger partial charge in [0.1, 0.15) is 17.5 Å². The summed E-state index contributed by atoms with van der Waals surface area (Å²) in [7, 11) is 1.38. The Morgan fingerprint density at radius 3 is 2.49 bits per heavy atom. The van der Waals surface area contributed by atoms with E-state index in [2.05, 4.69) is 37.5 Å². The second kappa shape index (κ2) is 13.5. The third-order valence-electron chi connectivity index (χ3n) is 6.52. The zero-order valence-corrected chi connectivity index (χ0v) is 26.0. The molecule has 0 saturated carbocycles. The fourth-order valence-electron chi connectivity index (χ4n) is 4.55. The van der Waals surface area contributed by atoms with Crippen LogP contribution in [0.15, 0.2) is 88.4 Å². The summed E-state index contributed by atoms with van der Waals surface area (Å²) >= 11 is 9.90. The molecule has 1 amide bonds. The van der Waals surface area contributed by atoms with E-state index in [9.17, 15) is 19.6 Å². The van der Waals surface area contributed by atoms with Gasteiger partial charge in [-0.2, -0.15) is 10.4 Å². The second-order valence-electron chi connectivity index (χ2n) is 9.42. The molecule has 1 aromatic heterocycles. The topological polar surface area (TPSA) is 143 Å². The second-order valence-corrected chi connectivity index (χ2v) is 10.7. The third kappa shape index (κ3) is 6.72. The number of esters is 2. The molecule has 5 aromatic rings. The predicted molar refractivity (Wildman–Crippen MR) is 172 cm³/mol. The highest BCUT2D eigenvalue weighted by Crippen LogP contribution is 2.37. The van der Waals surface area contributed by atoms with Crippen LogP contribution in [0.5, 0.6) is 17.2 Å². The van der Waals surface area contributed by atoms with E-state index in [1.165, 1.54) is 38.4 Å². The van der Waals surface area contributed by atoms with Crippen molar-refractivity contribution in [2.24, 2.45) is 5.10 Å². The van der Waals surface area contributed by atoms with Gasteiger partial charge >= 0.3 is 11.9 Å². The number of aromatic amines is 1. The van der Waals surface area contributed by atoms with Gasteiger partial charge in [-0.1, -0.05) is 57.9 Å². The maximum atomic E-state index is 13.5. The van der Waals surface area contributed by atoms with Gasteiger partial charge in [-0.25, -0.2) is 10.2 Å². The summed E-state index contributed by atoms with van der Waals surface area (Å²) in [4.78, 5) is 40.9. The molecule has 4 aromatic carbocycles. The summed E-state index contributed by atoms with van der Waals surface area (Å²) in [6.07, 6.45) is 1.33. The highest BCUT2D eigenvalue weighted by Gasteiger charge is 2.22. The number of hydrogen-bond acceptors (Lipinski definition) is 8. The number of benzene rings is 4. The van der Waals surface area contributed by atoms with Crippen molar-refractivity contribution in [1.82, 2.24) is 10.4 Å². The molecule has 5 rings (SSSR count). The number of nitrogens with zero attached hydrogens (tertiary/aromatic N) is 2. The molecule has 0 fully saturated rings. The molecule has 0 saturated heterocycles. The summed E-state index contributed by atoms with van der Waals surface area (Å²) in [5.74, 6) is -1.34. The lowest BCUT2D eigenvalue weighted by Crippen LogP contribution is -2.19. The van der Waals surface area contributed by atoms with Crippen molar-refractivity contribution in [3.63, 3.8) is 0 Å². The van der Waals surface area contributed by atoms with Gasteiger partial charge in [-0.3, -0.25) is 9.59 Å². The Bertz CT molecular complexity index is 2050. The summed E-state index contributed by atoms with van der Waals surface area (Å²) in [6.45, 7) is 1.25. The quantitative estimate of drug-likeness (QED) is 0.0772. The first-order valence-corrected chi connectivity index (χ1v) is 14.4. The Balaban J connectivity index is 1.42. The minimum absolute atomic E-state index is 0.143. The van der Waals surface area contributed by atoms with E-state index >= 15 is 0 Å². The first kappa shape index (κ1) is 31.0. The van der Waals surface area contributed by atoms with Crippen molar-refractivity contribution < 1.29 is 28.6 Å². The molecule has 1 heterocycles. The number of para-hydroxylation sites is 1. The molecule has 10 nitrogen and oxygen atoms in total. The van der Waals surface area contributed by atoms with E-state index in [0.29, 0.717) is 42.7 Å². The minimum Gasteiger partial charge on any atom is -0.493 e. The normalized spacial score (nSPS) is 10.8. The lowest BCUT2D eigenvalue weighted by molar-refractivity contribution is -0.132. The maximum Gasteiger partial charge on any atom is 0.343 e. The average molecular weight is 686 g/mol. The number of amides is 1. The lowest BCUT2D eigenvalue weighted by Gasteiger charge is -2.11. The van der Waals surface area contributed by atoms with Crippen molar-refractivity contribution in [3.8, 4) is 34.4 Å². The fourth-order valence-corrected chi connectivity index (χ4v) is 5.16. The molecule has 0 atom stereocenters. The van der Waals surface area contributed by atoms with E-state index in [1.54, 1.807) is 60.7 Å². The van der Waals surface area contributed by atoms with Crippen LogP contribution in [-0.2, 0) is 4.79 Å². The third-order valence-corrected chi connectivity index (χ3v) is 7.34. The summed E-state index contributed by atoms with van der Waals surface area (Å²) in [5, 5.41) is 14.8. The monoisotopic (exact) mass is 684 g/mol. The molecule has 224 valence electrons. The number of nitrogens with one attached hydrogen (secondary N) is 2. The molecule has 2 N–H and O–H groups in total. The van der Waals surface area contributed by atoms with Gasteiger partial charge in [-0.05, 0) is 48.5 Å². The number of nitriles is 1. The molecular weight excluding hydrogens is 664 g/mol. The van der Waals surface area contributed by atoms with Gasteiger partial charge in [0.25, 0.3) is 5.91 Å². The summed E-state index contributed by atoms with van der Waals surface area (Å²) in [6, 6.07) is 23.5. The van der Waals surface area contributed by atoms with Gasteiger partial charge in [0, 0.05) is 38.5 Å². The average Bonchev–Trinajstić information content (AvgIpc) is 3.42. The number of rotatable bonds is 8. The molecule has 0 spiro atoms. The van der Waals surface area contributed by atoms with Crippen LogP contribution in [0.4, 0.5) is 0 Å². The first-order chi connectivity index (χ1) is 21.7. The van der Waals surface area contributed by atoms with Crippen LogP contribution in [0.3, 0.4) is 0 Å². The van der Waals surface area contributed by atoms with E-state index in [1.807, 2.05) is 0 Å². The number of ether oxygens (including phenoxy) is 3. The molecule has 0 unspecified atom stereocenters. The zero-order valence-electron chi connectivity index (χ0n) is 23.7. The first-order valence-electron chi connectivity index (χ1n) is 13.2. The number of halogens is 2. The Kier molecular flexibility index (Phi) is 9.28. The van der Waals surface area contributed by atoms with Crippen LogP contribution < -0.4 is 19.6 Å². The molecule has 45 heavy (non-hydrogen) atoms. The number of fused-ring (bicyclic) bond motifs is 1. The molecule has 12 heteroatoms. The number of carbonyl (C=O) groups is 3. The zero-order chi connectivity index (χ0) is 32.1. The van der Waals surface area contributed by atoms with Crippen LogP contribution in [0.25, 0.3) is 22.0 Å². The summed E-state index contributed by atoms with van der Waals surface area (Å²) in [5.41, 5.74) is 5.15. The minimum atomic E-state index is -0.709. The van der Waals surface area contributed by atoms with Crippen LogP contribution in [0.2, 0.25) is 5.02 Å².